The molecule has 0 atom stereocenters. The van der Waals surface area contributed by atoms with Gasteiger partial charge in [-0.2, -0.15) is 9.50 Å². The number of hydrogen-bond donors (Lipinski definition) is 0. The van der Waals surface area contributed by atoms with Crippen molar-refractivity contribution in [1.82, 2.24) is 14.6 Å². The second kappa shape index (κ2) is 9.83. The average Bonchev–Trinajstić information content (AvgIpc) is 3.55. The summed E-state index contributed by atoms with van der Waals surface area (Å²) in [6.07, 6.45) is 5.07. The fraction of sp³-hybridized carbons (Fsp3) is 0.192. The van der Waals surface area contributed by atoms with Crippen LogP contribution in [0.2, 0.25) is 5.02 Å². The average molecular weight is 492 g/mol. The summed E-state index contributed by atoms with van der Waals surface area (Å²) in [5.41, 5.74) is 1.40. The van der Waals surface area contributed by atoms with Crippen LogP contribution in [0.25, 0.3) is 33.7 Å². The van der Waals surface area contributed by atoms with E-state index in [1.807, 2.05) is 60.7 Å². The van der Waals surface area contributed by atoms with Gasteiger partial charge in [0.15, 0.2) is 5.82 Å². The van der Waals surface area contributed by atoms with Gasteiger partial charge in [0.05, 0.1) is 11.6 Å². The topological polar surface area (TPSA) is 69.6 Å². The van der Waals surface area contributed by atoms with E-state index < -0.39 is 0 Å². The van der Waals surface area contributed by atoms with Gasteiger partial charge in [-0.25, -0.2) is 0 Å². The Labute approximate surface area is 205 Å². The van der Waals surface area contributed by atoms with Crippen LogP contribution in [0.1, 0.15) is 31.9 Å². The summed E-state index contributed by atoms with van der Waals surface area (Å²) in [4.78, 5) is 18.0. The molecule has 2 aromatic carbocycles. The van der Waals surface area contributed by atoms with Gasteiger partial charge in [-0.05, 0) is 55.0 Å². The smallest absolute Gasteiger partial charge is 0.291 e. The van der Waals surface area contributed by atoms with Crippen molar-refractivity contribution in [3.8, 4) is 28.5 Å². The van der Waals surface area contributed by atoms with E-state index in [0.717, 1.165) is 36.1 Å². The van der Waals surface area contributed by atoms with E-state index in [4.69, 9.17) is 20.8 Å². The zero-order valence-corrected chi connectivity index (χ0v) is 20.1. The van der Waals surface area contributed by atoms with Crippen molar-refractivity contribution in [2.75, 3.05) is 6.61 Å². The summed E-state index contributed by atoms with van der Waals surface area (Å²) in [6, 6.07) is 18.7. The molecule has 8 heteroatoms. The molecule has 0 spiro atoms. The van der Waals surface area contributed by atoms with E-state index in [1.54, 1.807) is 6.08 Å². The van der Waals surface area contributed by atoms with E-state index in [9.17, 15) is 4.79 Å². The quantitative estimate of drug-likeness (QED) is 0.255. The van der Waals surface area contributed by atoms with Crippen molar-refractivity contribution in [2.24, 2.45) is 0 Å². The molecule has 0 N–H and O–H groups in total. The Kier molecular flexibility index (Phi) is 6.47. The molecule has 0 fully saturated rings. The van der Waals surface area contributed by atoms with Gasteiger partial charge in [0.2, 0.25) is 4.96 Å². The number of aromatic nitrogens is 3. The third kappa shape index (κ3) is 4.62. The predicted molar refractivity (Wildman–Crippen MR) is 136 cm³/mol. The number of rotatable bonds is 8. The molecule has 0 radical (unpaired) electrons. The van der Waals surface area contributed by atoms with E-state index >= 15 is 0 Å². The number of fused-ring (bicyclic) bond motifs is 1. The molecule has 0 unspecified atom stereocenters. The Morgan fingerprint density at radius 3 is 2.68 bits per heavy atom. The second-order valence-corrected chi connectivity index (χ2v) is 9.22. The zero-order valence-electron chi connectivity index (χ0n) is 18.5. The minimum absolute atomic E-state index is 0.231. The number of thiazole rings is 1. The predicted octanol–water partition coefficient (Wildman–Crippen LogP) is 5.85. The Balaban J connectivity index is 1.37. The molecule has 34 heavy (non-hydrogen) atoms. The van der Waals surface area contributed by atoms with Crippen LogP contribution < -0.4 is 14.8 Å². The van der Waals surface area contributed by atoms with Crippen LogP contribution >= 0.6 is 22.9 Å². The number of nitrogens with zero attached hydrogens (tertiary/aromatic N) is 3. The van der Waals surface area contributed by atoms with Crippen LogP contribution in [0.5, 0.6) is 5.75 Å². The third-order valence-corrected chi connectivity index (χ3v) is 6.64. The molecule has 5 aromatic rings. The highest BCUT2D eigenvalue weighted by atomic mass is 35.5. The maximum atomic E-state index is 12.9. The van der Waals surface area contributed by atoms with Gasteiger partial charge in [-0.15, -0.1) is 5.10 Å². The maximum Gasteiger partial charge on any atom is 0.291 e. The first-order valence-electron chi connectivity index (χ1n) is 11.1. The lowest BCUT2D eigenvalue weighted by Crippen LogP contribution is -2.23. The highest BCUT2D eigenvalue weighted by Gasteiger charge is 2.13. The summed E-state index contributed by atoms with van der Waals surface area (Å²) >= 11 is 7.53. The first kappa shape index (κ1) is 22.4. The Hall–Kier alpha value is -3.42. The van der Waals surface area contributed by atoms with Crippen molar-refractivity contribution in [3.63, 3.8) is 0 Å². The minimum atomic E-state index is -0.231. The zero-order chi connectivity index (χ0) is 23.5. The van der Waals surface area contributed by atoms with Gasteiger partial charge >= 0.3 is 0 Å². The number of unbranched alkanes of at least 4 members (excludes halogenated alkanes) is 2. The van der Waals surface area contributed by atoms with Crippen molar-refractivity contribution in [1.29, 1.82) is 0 Å². The van der Waals surface area contributed by atoms with Gasteiger partial charge in [0.25, 0.3) is 5.56 Å². The highest BCUT2D eigenvalue weighted by molar-refractivity contribution is 7.15. The molecule has 0 aliphatic heterocycles. The summed E-state index contributed by atoms with van der Waals surface area (Å²) in [7, 11) is 0. The lowest BCUT2D eigenvalue weighted by Gasteiger charge is -2.05. The molecule has 0 saturated heterocycles. The number of benzene rings is 2. The Bertz CT molecular complexity index is 1540. The van der Waals surface area contributed by atoms with Crippen molar-refractivity contribution in [3.05, 3.63) is 86.3 Å². The van der Waals surface area contributed by atoms with Crippen molar-refractivity contribution >= 4 is 34.0 Å². The maximum absolute atomic E-state index is 12.9. The molecular formula is C26H22ClN3O3S. The molecule has 0 bridgehead atoms. The molecule has 0 amide bonds. The van der Waals surface area contributed by atoms with Gasteiger partial charge in [0, 0.05) is 17.2 Å². The van der Waals surface area contributed by atoms with E-state index in [1.165, 1.54) is 15.9 Å². The summed E-state index contributed by atoms with van der Waals surface area (Å²) in [5, 5.41) is 5.03. The normalized spacial score (nSPS) is 12.0. The molecule has 3 heterocycles. The van der Waals surface area contributed by atoms with Crippen LogP contribution in [0.15, 0.2) is 69.9 Å². The van der Waals surface area contributed by atoms with Crippen molar-refractivity contribution in [2.45, 2.75) is 26.2 Å². The van der Waals surface area contributed by atoms with Gasteiger partial charge in [-0.1, -0.05) is 54.8 Å². The van der Waals surface area contributed by atoms with E-state index in [0.29, 0.717) is 38.5 Å². The number of furan rings is 1. The molecule has 3 aromatic heterocycles. The van der Waals surface area contributed by atoms with Crippen molar-refractivity contribution < 1.29 is 9.15 Å². The lowest BCUT2D eigenvalue weighted by molar-refractivity contribution is 0.306. The Morgan fingerprint density at radius 2 is 1.91 bits per heavy atom. The van der Waals surface area contributed by atoms with Gasteiger partial charge in [-0.3, -0.25) is 4.79 Å². The standard InChI is InChI=1S/C26H22ClN3O3S/c1-2-3-6-15-32-18-11-9-17(10-12-18)24-28-26-30(29-24)25(31)23(34-26)16-19-13-14-22(33-19)20-7-4-5-8-21(20)27/h4-5,7-14,16H,2-3,6,15H2,1H3/b23-16-. The van der Waals surface area contributed by atoms with E-state index in [-0.39, 0.29) is 5.56 Å². The lowest BCUT2D eigenvalue weighted by atomic mass is 10.2. The fourth-order valence-corrected chi connectivity index (χ4v) is 4.68. The summed E-state index contributed by atoms with van der Waals surface area (Å²) in [5.74, 6) is 2.53. The molecular weight excluding hydrogens is 470 g/mol. The molecule has 0 saturated carbocycles. The summed E-state index contributed by atoms with van der Waals surface area (Å²) in [6.45, 7) is 2.88. The van der Waals surface area contributed by atoms with Crippen LogP contribution in [0, 0.1) is 0 Å². The second-order valence-electron chi connectivity index (χ2n) is 7.81. The SMILES string of the molecule is CCCCCOc1ccc(-c2nc3s/c(=C\c4ccc(-c5ccccc5Cl)o4)c(=O)n3n2)cc1. The molecule has 0 aliphatic rings. The van der Waals surface area contributed by atoms with Gasteiger partial charge < -0.3 is 9.15 Å². The third-order valence-electron chi connectivity index (χ3n) is 5.35. The van der Waals surface area contributed by atoms with Crippen LogP contribution in [0.3, 0.4) is 0 Å². The van der Waals surface area contributed by atoms with Crippen LogP contribution in [0.4, 0.5) is 0 Å². The first-order valence-corrected chi connectivity index (χ1v) is 12.3. The largest absolute Gasteiger partial charge is 0.494 e. The minimum Gasteiger partial charge on any atom is -0.494 e. The molecule has 0 aliphatic carbocycles. The number of halogens is 1. The molecule has 6 nitrogen and oxygen atoms in total. The van der Waals surface area contributed by atoms with Crippen LogP contribution in [-0.2, 0) is 0 Å². The fourth-order valence-electron chi connectivity index (χ4n) is 3.56. The molecule has 172 valence electrons. The highest BCUT2D eigenvalue weighted by Crippen LogP contribution is 2.29. The van der Waals surface area contributed by atoms with E-state index in [2.05, 4.69) is 17.0 Å². The molecule has 5 rings (SSSR count). The monoisotopic (exact) mass is 491 g/mol. The van der Waals surface area contributed by atoms with Gasteiger partial charge in [0.1, 0.15) is 21.8 Å². The number of hydrogen-bond acceptors (Lipinski definition) is 6. The summed E-state index contributed by atoms with van der Waals surface area (Å²) < 4.78 is 13.5. The number of ether oxygens (including phenoxy) is 1. The first-order chi connectivity index (χ1) is 16.6. The Morgan fingerprint density at radius 1 is 1.09 bits per heavy atom. The van der Waals surface area contributed by atoms with Crippen LogP contribution in [-0.4, -0.2) is 21.2 Å².